The van der Waals surface area contributed by atoms with Crippen LogP contribution in [0.2, 0.25) is 0 Å². The van der Waals surface area contributed by atoms with Crippen molar-refractivity contribution in [3.63, 3.8) is 0 Å². The van der Waals surface area contributed by atoms with Crippen LogP contribution in [0.3, 0.4) is 0 Å². The van der Waals surface area contributed by atoms with Crippen LogP contribution in [0.1, 0.15) is 31.7 Å². The third-order valence-electron chi connectivity index (χ3n) is 3.81. The van der Waals surface area contributed by atoms with Gasteiger partial charge in [-0.25, -0.2) is 0 Å². The molecule has 3 nitrogen and oxygen atoms in total. The number of hydrogen-bond donors (Lipinski definition) is 1. The van der Waals surface area contributed by atoms with Crippen LogP contribution in [0.4, 0.5) is 0 Å². The molecule has 0 radical (unpaired) electrons. The van der Waals surface area contributed by atoms with Gasteiger partial charge < -0.3 is 10.1 Å². The zero-order valence-corrected chi connectivity index (χ0v) is 12.2. The van der Waals surface area contributed by atoms with Crippen LogP contribution in [0, 0.1) is 0 Å². The highest BCUT2D eigenvalue weighted by Crippen LogP contribution is 2.20. The minimum absolute atomic E-state index is 0.685. The summed E-state index contributed by atoms with van der Waals surface area (Å²) < 4.78 is 5.49. The summed E-state index contributed by atoms with van der Waals surface area (Å²) in [6.07, 6.45) is 4.02. The van der Waals surface area contributed by atoms with Crippen LogP contribution in [-0.4, -0.2) is 37.7 Å². The summed E-state index contributed by atoms with van der Waals surface area (Å²) in [5, 5.41) is 3.32. The third kappa shape index (κ3) is 4.22. The molecule has 1 saturated heterocycles. The van der Waals surface area contributed by atoms with E-state index in [0.29, 0.717) is 6.04 Å². The van der Waals surface area contributed by atoms with E-state index in [4.69, 9.17) is 4.74 Å². The number of benzene rings is 1. The molecule has 1 atom stereocenters. The molecule has 0 bridgehead atoms. The van der Waals surface area contributed by atoms with Crippen molar-refractivity contribution in [2.75, 3.05) is 26.7 Å². The van der Waals surface area contributed by atoms with Gasteiger partial charge in [-0.15, -0.1) is 0 Å². The molecule has 3 heteroatoms. The number of nitrogens with zero attached hydrogens (tertiary/aromatic N) is 1. The van der Waals surface area contributed by atoms with E-state index in [9.17, 15) is 0 Å². The van der Waals surface area contributed by atoms with E-state index < -0.39 is 0 Å². The Balaban J connectivity index is 1.94. The Morgan fingerprint density at radius 3 is 2.74 bits per heavy atom. The van der Waals surface area contributed by atoms with Crippen LogP contribution in [0.5, 0.6) is 5.75 Å². The molecule has 1 heterocycles. The van der Waals surface area contributed by atoms with E-state index >= 15 is 0 Å². The molecule has 0 aliphatic carbocycles. The Labute approximate surface area is 116 Å². The van der Waals surface area contributed by atoms with Crippen LogP contribution < -0.4 is 10.1 Å². The van der Waals surface area contributed by atoms with E-state index in [1.54, 1.807) is 0 Å². The van der Waals surface area contributed by atoms with Gasteiger partial charge in [0.1, 0.15) is 5.75 Å². The second kappa shape index (κ2) is 7.51. The van der Waals surface area contributed by atoms with Crippen LogP contribution >= 0.6 is 0 Å². The maximum Gasteiger partial charge on any atom is 0.119 e. The average Bonchev–Trinajstić information content (AvgIpc) is 2.44. The maximum absolute atomic E-state index is 5.49. The molecular formula is C16H26N2O. The summed E-state index contributed by atoms with van der Waals surface area (Å²) in [5.74, 6) is 0.969. The van der Waals surface area contributed by atoms with Gasteiger partial charge in [-0.1, -0.05) is 18.6 Å². The number of hydrogen-bond acceptors (Lipinski definition) is 3. The van der Waals surface area contributed by atoms with Crippen molar-refractivity contribution in [1.29, 1.82) is 0 Å². The number of ether oxygens (including phenoxy) is 1. The van der Waals surface area contributed by atoms with Crippen molar-refractivity contribution < 1.29 is 4.74 Å². The van der Waals surface area contributed by atoms with Gasteiger partial charge in [0.2, 0.25) is 0 Å². The normalized spacial score (nSPS) is 20.4. The third-order valence-corrected chi connectivity index (χ3v) is 3.81. The highest BCUT2D eigenvalue weighted by molar-refractivity contribution is 5.27. The molecule has 0 amide bonds. The lowest BCUT2D eigenvalue weighted by Gasteiger charge is -2.35. The highest BCUT2D eigenvalue weighted by Gasteiger charge is 2.21. The summed E-state index contributed by atoms with van der Waals surface area (Å²) >= 11 is 0. The topological polar surface area (TPSA) is 24.5 Å². The highest BCUT2D eigenvalue weighted by atomic mass is 16.5. The van der Waals surface area contributed by atoms with Gasteiger partial charge in [0.05, 0.1) is 6.61 Å². The standard InChI is InChI=1S/C16H26N2O/c1-3-19-16-9-7-14(8-10-16)13-18-11-5-4-6-15(18)12-17-2/h7-10,15,17H,3-6,11-13H2,1-2H3. The summed E-state index contributed by atoms with van der Waals surface area (Å²) in [7, 11) is 2.05. The molecule has 2 rings (SSSR count). The van der Waals surface area contributed by atoms with Crippen LogP contribution in [0.15, 0.2) is 24.3 Å². The van der Waals surface area contributed by atoms with Crippen molar-refractivity contribution in [2.45, 2.75) is 38.8 Å². The summed E-state index contributed by atoms with van der Waals surface area (Å²) in [6, 6.07) is 9.22. The maximum atomic E-state index is 5.49. The molecule has 1 aliphatic heterocycles. The van der Waals surface area contributed by atoms with Gasteiger partial charge >= 0.3 is 0 Å². The van der Waals surface area contributed by atoms with Gasteiger partial charge in [0.25, 0.3) is 0 Å². The average molecular weight is 262 g/mol. The van der Waals surface area contributed by atoms with Gasteiger partial charge in [-0.05, 0) is 51.1 Å². The van der Waals surface area contributed by atoms with E-state index in [1.807, 2.05) is 14.0 Å². The van der Waals surface area contributed by atoms with E-state index in [-0.39, 0.29) is 0 Å². The van der Waals surface area contributed by atoms with Gasteiger partial charge in [-0.2, -0.15) is 0 Å². The lowest BCUT2D eigenvalue weighted by Crippen LogP contribution is -2.44. The van der Waals surface area contributed by atoms with Crippen molar-refractivity contribution in [3.05, 3.63) is 29.8 Å². The number of likely N-dealkylation sites (tertiary alicyclic amines) is 1. The first-order valence-corrected chi connectivity index (χ1v) is 7.44. The molecule has 0 saturated carbocycles. The minimum atomic E-state index is 0.685. The fourth-order valence-electron chi connectivity index (χ4n) is 2.83. The number of piperidine rings is 1. The van der Waals surface area contributed by atoms with Crippen LogP contribution in [0.25, 0.3) is 0 Å². The van der Waals surface area contributed by atoms with Crippen LogP contribution in [-0.2, 0) is 6.54 Å². The zero-order chi connectivity index (χ0) is 13.5. The Kier molecular flexibility index (Phi) is 5.67. The lowest BCUT2D eigenvalue weighted by atomic mass is 10.0. The molecule has 19 heavy (non-hydrogen) atoms. The first kappa shape index (κ1) is 14.4. The van der Waals surface area contributed by atoms with Crippen molar-refractivity contribution in [2.24, 2.45) is 0 Å². The SMILES string of the molecule is CCOc1ccc(CN2CCCCC2CNC)cc1. The summed E-state index contributed by atoms with van der Waals surface area (Å²) in [4.78, 5) is 2.61. The second-order valence-electron chi connectivity index (χ2n) is 5.25. The van der Waals surface area contributed by atoms with E-state index in [1.165, 1.54) is 31.4 Å². The molecule has 1 fully saturated rings. The number of likely N-dealkylation sites (N-methyl/N-ethyl adjacent to an activating group) is 1. The molecule has 1 aromatic carbocycles. The fraction of sp³-hybridized carbons (Fsp3) is 0.625. The first-order valence-electron chi connectivity index (χ1n) is 7.44. The molecule has 1 aromatic rings. The lowest BCUT2D eigenvalue weighted by molar-refractivity contribution is 0.139. The first-order chi connectivity index (χ1) is 9.33. The van der Waals surface area contributed by atoms with Gasteiger partial charge in [-0.3, -0.25) is 4.90 Å². The fourth-order valence-corrected chi connectivity index (χ4v) is 2.83. The molecular weight excluding hydrogens is 236 g/mol. The number of nitrogens with one attached hydrogen (secondary N) is 1. The monoisotopic (exact) mass is 262 g/mol. The molecule has 1 N–H and O–H groups in total. The minimum Gasteiger partial charge on any atom is -0.494 e. The summed E-state index contributed by atoms with van der Waals surface area (Å²) in [5.41, 5.74) is 1.38. The predicted octanol–water partition coefficient (Wildman–Crippen LogP) is 2.66. The smallest absolute Gasteiger partial charge is 0.119 e. The van der Waals surface area contributed by atoms with E-state index in [0.717, 1.165) is 25.4 Å². The quantitative estimate of drug-likeness (QED) is 0.853. The van der Waals surface area contributed by atoms with Crippen molar-refractivity contribution >= 4 is 0 Å². The van der Waals surface area contributed by atoms with E-state index in [2.05, 4.69) is 34.5 Å². The molecule has 0 spiro atoms. The molecule has 1 aliphatic rings. The Hall–Kier alpha value is -1.06. The summed E-state index contributed by atoms with van der Waals surface area (Å²) in [6.45, 7) is 6.12. The van der Waals surface area contributed by atoms with Gasteiger partial charge in [0, 0.05) is 19.1 Å². The number of rotatable bonds is 6. The zero-order valence-electron chi connectivity index (χ0n) is 12.2. The Morgan fingerprint density at radius 2 is 2.05 bits per heavy atom. The molecule has 1 unspecified atom stereocenters. The largest absolute Gasteiger partial charge is 0.494 e. The van der Waals surface area contributed by atoms with Crippen molar-refractivity contribution in [1.82, 2.24) is 10.2 Å². The van der Waals surface area contributed by atoms with Crippen molar-refractivity contribution in [3.8, 4) is 5.75 Å². The van der Waals surface area contributed by atoms with Gasteiger partial charge in [0.15, 0.2) is 0 Å². The Bertz CT molecular complexity index is 362. The Morgan fingerprint density at radius 1 is 1.26 bits per heavy atom. The molecule has 0 aromatic heterocycles. The predicted molar refractivity (Wildman–Crippen MR) is 79.6 cm³/mol. The second-order valence-corrected chi connectivity index (χ2v) is 5.25. The molecule has 106 valence electrons.